The monoisotopic (exact) mass is 206 g/mol. The predicted molar refractivity (Wildman–Crippen MR) is 64.7 cm³/mol. The van der Waals surface area contributed by atoms with Gasteiger partial charge >= 0.3 is 0 Å². The fraction of sp³-hybridized carbons (Fsp3) is 0.643. The zero-order valence-electron chi connectivity index (χ0n) is 10.0. The molecule has 0 aromatic carbocycles. The van der Waals surface area contributed by atoms with Crippen LogP contribution >= 0.6 is 0 Å². The van der Waals surface area contributed by atoms with Crippen LogP contribution in [0.1, 0.15) is 46.0 Å². The molecule has 1 nitrogen and oxygen atoms in total. The third-order valence-electron chi connectivity index (χ3n) is 3.68. The molecule has 0 heterocycles. The molecular formula is C14H22O. The number of hydrogen-bond donors (Lipinski definition) is 0. The van der Waals surface area contributed by atoms with Crippen LogP contribution in [-0.2, 0) is 4.79 Å². The molecule has 1 aliphatic carbocycles. The number of carbonyl (C=O) groups is 1. The highest BCUT2D eigenvalue weighted by atomic mass is 16.1. The molecule has 1 aliphatic rings. The summed E-state index contributed by atoms with van der Waals surface area (Å²) in [6.45, 7) is 12.5. The molecule has 1 rings (SSSR count). The van der Waals surface area contributed by atoms with Crippen molar-refractivity contribution < 1.29 is 4.79 Å². The zero-order chi connectivity index (χ0) is 11.5. The highest BCUT2D eigenvalue weighted by Gasteiger charge is 2.33. The van der Waals surface area contributed by atoms with Crippen LogP contribution in [0.3, 0.4) is 0 Å². The lowest BCUT2D eigenvalue weighted by molar-refractivity contribution is -0.105. The van der Waals surface area contributed by atoms with Crippen molar-refractivity contribution in [2.45, 2.75) is 46.0 Å². The summed E-state index contributed by atoms with van der Waals surface area (Å²) < 4.78 is 0. The third-order valence-corrected chi connectivity index (χ3v) is 3.68. The smallest absolute Gasteiger partial charge is 0.145 e. The Morgan fingerprint density at radius 2 is 2.27 bits per heavy atom. The average molecular weight is 206 g/mol. The standard InChI is InChI=1S/C14H22O/c1-11(10-15)7-8-13-12(2)6-5-9-14(13,3)4/h10,13H,1-2,5-9H2,3-4H3/t13-/m0/s1. The summed E-state index contributed by atoms with van der Waals surface area (Å²) in [5.74, 6) is 0.558. The molecule has 0 spiro atoms. The maximum absolute atomic E-state index is 10.5. The van der Waals surface area contributed by atoms with Crippen LogP contribution in [0.5, 0.6) is 0 Å². The molecule has 1 heteroatoms. The van der Waals surface area contributed by atoms with E-state index < -0.39 is 0 Å². The van der Waals surface area contributed by atoms with E-state index in [4.69, 9.17) is 0 Å². The van der Waals surface area contributed by atoms with Crippen molar-refractivity contribution in [3.8, 4) is 0 Å². The van der Waals surface area contributed by atoms with Gasteiger partial charge in [-0.25, -0.2) is 0 Å². The summed E-state index contributed by atoms with van der Waals surface area (Å²) in [7, 11) is 0. The molecule has 0 bridgehead atoms. The molecule has 0 unspecified atom stereocenters. The number of carbonyl (C=O) groups excluding carboxylic acids is 1. The Kier molecular flexibility index (Phi) is 3.90. The highest BCUT2D eigenvalue weighted by Crippen LogP contribution is 2.45. The molecule has 1 atom stereocenters. The van der Waals surface area contributed by atoms with E-state index in [0.29, 0.717) is 16.9 Å². The van der Waals surface area contributed by atoms with Crippen molar-refractivity contribution in [1.29, 1.82) is 0 Å². The second-order valence-electron chi connectivity index (χ2n) is 5.37. The molecule has 15 heavy (non-hydrogen) atoms. The van der Waals surface area contributed by atoms with Gasteiger partial charge in [0.25, 0.3) is 0 Å². The van der Waals surface area contributed by atoms with E-state index in [9.17, 15) is 4.79 Å². The minimum Gasteiger partial charge on any atom is -0.298 e. The molecule has 1 fully saturated rings. The molecule has 0 amide bonds. The first-order valence-corrected chi connectivity index (χ1v) is 5.78. The van der Waals surface area contributed by atoms with Gasteiger partial charge in [0.05, 0.1) is 0 Å². The van der Waals surface area contributed by atoms with Gasteiger partial charge < -0.3 is 0 Å². The van der Waals surface area contributed by atoms with Crippen molar-refractivity contribution in [2.75, 3.05) is 0 Å². The Morgan fingerprint density at radius 1 is 1.60 bits per heavy atom. The van der Waals surface area contributed by atoms with Crippen LogP contribution in [0.15, 0.2) is 24.3 Å². The Bertz CT molecular complexity index is 273. The van der Waals surface area contributed by atoms with Gasteiger partial charge in [-0.05, 0) is 49.0 Å². The first kappa shape index (κ1) is 12.2. The summed E-state index contributed by atoms with van der Waals surface area (Å²) in [6, 6.07) is 0. The summed E-state index contributed by atoms with van der Waals surface area (Å²) in [5, 5.41) is 0. The third kappa shape index (κ3) is 3.05. The maximum Gasteiger partial charge on any atom is 0.145 e. The van der Waals surface area contributed by atoms with Gasteiger partial charge in [-0.3, -0.25) is 4.79 Å². The first-order valence-electron chi connectivity index (χ1n) is 5.78. The zero-order valence-corrected chi connectivity index (χ0v) is 10.0. The number of aldehydes is 1. The molecule has 0 aliphatic heterocycles. The lowest BCUT2D eigenvalue weighted by atomic mass is 9.65. The number of hydrogen-bond acceptors (Lipinski definition) is 1. The minimum absolute atomic E-state index is 0.346. The average Bonchev–Trinajstić information content (AvgIpc) is 2.15. The van der Waals surface area contributed by atoms with E-state index in [0.717, 1.165) is 25.5 Å². The fourth-order valence-electron chi connectivity index (χ4n) is 2.66. The summed E-state index contributed by atoms with van der Waals surface area (Å²) in [6.07, 6.45) is 6.40. The van der Waals surface area contributed by atoms with E-state index in [1.807, 2.05) is 0 Å². The van der Waals surface area contributed by atoms with E-state index >= 15 is 0 Å². The van der Waals surface area contributed by atoms with Gasteiger partial charge in [0.2, 0.25) is 0 Å². The van der Waals surface area contributed by atoms with Gasteiger partial charge in [0.1, 0.15) is 6.29 Å². The summed E-state index contributed by atoms with van der Waals surface area (Å²) in [4.78, 5) is 10.5. The van der Waals surface area contributed by atoms with Crippen molar-refractivity contribution in [2.24, 2.45) is 11.3 Å². The number of rotatable bonds is 4. The van der Waals surface area contributed by atoms with Gasteiger partial charge in [0, 0.05) is 0 Å². The molecule has 0 aromatic heterocycles. The van der Waals surface area contributed by atoms with Crippen molar-refractivity contribution in [3.05, 3.63) is 24.3 Å². The van der Waals surface area contributed by atoms with Crippen LogP contribution in [0.25, 0.3) is 0 Å². The summed E-state index contributed by atoms with van der Waals surface area (Å²) >= 11 is 0. The molecule has 0 N–H and O–H groups in total. The molecule has 0 aromatic rings. The van der Waals surface area contributed by atoms with E-state index in [1.165, 1.54) is 18.4 Å². The Morgan fingerprint density at radius 3 is 2.80 bits per heavy atom. The van der Waals surface area contributed by atoms with Gasteiger partial charge in [0.15, 0.2) is 0 Å². The van der Waals surface area contributed by atoms with Crippen molar-refractivity contribution >= 4 is 6.29 Å². The molecule has 84 valence electrons. The Hall–Kier alpha value is -0.850. The van der Waals surface area contributed by atoms with E-state index in [-0.39, 0.29) is 0 Å². The SMILES string of the molecule is C=C(C=O)CC[C@H]1C(=C)CCCC1(C)C. The van der Waals surface area contributed by atoms with Gasteiger partial charge in [-0.1, -0.05) is 32.6 Å². The van der Waals surface area contributed by atoms with Crippen LogP contribution < -0.4 is 0 Å². The minimum atomic E-state index is 0.346. The normalized spacial score (nSPS) is 24.9. The molecule has 1 saturated carbocycles. The first-order chi connectivity index (χ1) is 6.97. The van der Waals surface area contributed by atoms with Crippen LogP contribution in [0, 0.1) is 11.3 Å². The van der Waals surface area contributed by atoms with Crippen molar-refractivity contribution in [3.63, 3.8) is 0 Å². The Labute approximate surface area is 93.3 Å². The predicted octanol–water partition coefficient (Wildman–Crippen LogP) is 3.90. The molecular weight excluding hydrogens is 184 g/mol. The lowest BCUT2D eigenvalue weighted by Crippen LogP contribution is -2.29. The quantitative estimate of drug-likeness (QED) is 0.387. The maximum atomic E-state index is 10.5. The van der Waals surface area contributed by atoms with E-state index in [2.05, 4.69) is 27.0 Å². The second-order valence-corrected chi connectivity index (χ2v) is 5.37. The van der Waals surface area contributed by atoms with Crippen LogP contribution in [-0.4, -0.2) is 6.29 Å². The largest absolute Gasteiger partial charge is 0.298 e. The van der Waals surface area contributed by atoms with Crippen molar-refractivity contribution in [1.82, 2.24) is 0 Å². The topological polar surface area (TPSA) is 17.1 Å². The van der Waals surface area contributed by atoms with Crippen LogP contribution in [0.2, 0.25) is 0 Å². The molecule has 0 radical (unpaired) electrons. The lowest BCUT2D eigenvalue weighted by Gasteiger charge is -2.40. The fourth-order valence-corrected chi connectivity index (χ4v) is 2.66. The highest BCUT2D eigenvalue weighted by molar-refractivity contribution is 5.71. The van der Waals surface area contributed by atoms with E-state index in [1.54, 1.807) is 0 Å². The molecule has 0 saturated heterocycles. The van der Waals surface area contributed by atoms with Gasteiger partial charge in [-0.2, -0.15) is 0 Å². The second kappa shape index (κ2) is 4.78. The van der Waals surface area contributed by atoms with Crippen LogP contribution in [0.4, 0.5) is 0 Å². The number of allylic oxidation sites excluding steroid dienone is 2. The Balaban J connectivity index is 2.59. The van der Waals surface area contributed by atoms with Gasteiger partial charge in [-0.15, -0.1) is 0 Å². The summed E-state index contributed by atoms with van der Waals surface area (Å²) in [5.41, 5.74) is 2.42.